The van der Waals surface area contributed by atoms with Gasteiger partial charge in [-0.15, -0.1) is 34.0 Å². The lowest BCUT2D eigenvalue weighted by atomic mass is 10.5. The Hall–Kier alpha value is -0.690. The number of hydrogen-bond donors (Lipinski definition) is 1. The molecule has 0 aliphatic heterocycles. The topological polar surface area (TPSA) is 81.0 Å². The number of aromatic nitrogens is 1. The van der Waals surface area contributed by atoms with Gasteiger partial charge in [-0.1, -0.05) is 6.07 Å². The number of nitrogens with one attached hydrogen (secondary N) is 1. The standard InChI is InChI=1S/C5H5NO.2BrH.HNO2/c7-6-4-2-1-3-5-6;;;2-1-3/h1-5H;2*1H;1H. The summed E-state index contributed by atoms with van der Waals surface area (Å²) in [5.74, 6) is 0. The molecule has 0 fully saturated rings. The van der Waals surface area contributed by atoms with Crippen LogP contribution in [0.15, 0.2) is 30.6 Å². The van der Waals surface area contributed by atoms with E-state index < -0.39 is 0 Å². The Kier molecular flexibility index (Phi) is 18.8. The van der Waals surface area contributed by atoms with Crippen molar-refractivity contribution in [3.05, 3.63) is 45.9 Å². The summed E-state index contributed by atoms with van der Waals surface area (Å²) < 4.78 is 0.750. The van der Waals surface area contributed by atoms with Gasteiger partial charge < -0.3 is 5.21 Å². The maximum atomic E-state index is 10.2. The van der Waals surface area contributed by atoms with Crippen LogP contribution in [0.3, 0.4) is 0 Å². The lowest BCUT2D eigenvalue weighted by Crippen LogP contribution is -2.53. The van der Waals surface area contributed by atoms with E-state index in [0.717, 1.165) is 4.73 Å². The zero-order valence-electron chi connectivity index (χ0n) is 5.88. The Labute approximate surface area is 90.1 Å². The van der Waals surface area contributed by atoms with E-state index in [1.807, 2.05) is 0 Å². The first-order valence-corrected chi connectivity index (χ1v) is 2.44. The van der Waals surface area contributed by atoms with Crippen LogP contribution in [0.5, 0.6) is 0 Å². The summed E-state index contributed by atoms with van der Waals surface area (Å²) in [7, 11) is 0. The second kappa shape index (κ2) is 12.9. The summed E-state index contributed by atoms with van der Waals surface area (Å²) in [5, 5.41) is 18.6. The van der Waals surface area contributed by atoms with Crippen LogP contribution in [-0.2, 0) is 0 Å². The molecule has 1 rings (SSSR count). The van der Waals surface area contributed by atoms with E-state index in [9.17, 15) is 5.21 Å². The van der Waals surface area contributed by atoms with Gasteiger partial charge in [0.05, 0.1) is 0 Å². The molecule has 5 nitrogen and oxygen atoms in total. The molecule has 12 heavy (non-hydrogen) atoms. The Morgan fingerprint density at radius 3 is 1.58 bits per heavy atom. The van der Waals surface area contributed by atoms with Crippen molar-refractivity contribution >= 4 is 34.0 Å². The number of hydrogen-bond acceptors (Lipinski definition) is 3. The van der Waals surface area contributed by atoms with Gasteiger partial charge in [-0.25, -0.2) is 0 Å². The highest BCUT2D eigenvalue weighted by molar-refractivity contribution is 8.93. The van der Waals surface area contributed by atoms with Crippen LogP contribution in [0.1, 0.15) is 0 Å². The lowest BCUT2D eigenvalue weighted by Gasteiger charge is -1.88. The molecule has 0 aliphatic rings. The third kappa shape index (κ3) is 12.0. The zero-order chi connectivity index (χ0) is 7.82. The molecule has 0 amide bonds. The summed E-state index contributed by atoms with van der Waals surface area (Å²) in [6.07, 6.45) is 2.89. The summed E-state index contributed by atoms with van der Waals surface area (Å²) >= 11 is 0. The number of pyridine rings is 1. The Morgan fingerprint density at radius 2 is 1.42 bits per heavy atom. The van der Waals surface area contributed by atoms with Crippen molar-refractivity contribution in [2.75, 3.05) is 0 Å². The molecule has 0 saturated heterocycles. The summed E-state index contributed by atoms with van der Waals surface area (Å²) in [5.41, 5.74) is 0. The van der Waals surface area contributed by atoms with Crippen molar-refractivity contribution in [2.24, 2.45) is 0 Å². The highest BCUT2D eigenvalue weighted by atomic mass is 79.9. The van der Waals surface area contributed by atoms with Crippen LogP contribution in [0, 0.1) is 15.3 Å². The van der Waals surface area contributed by atoms with Crippen molar-refractivity contribution < 1.29 is 10.1 Å². The molecule has 0 spiro atoms. The number of rotatable bonds is 0. The van der Waals surface area contributed by atoms with Crippen LogP contribution in [0.25, 0.3) is 0 Å². The third-order valence-corrected chi connectivity index (χ3v) is 0.688. The van der Waals surface area contributed by atoms with Gasteiger partial charge in [-0.05, 0) is 0 Å². The third-order valence-electron chi connectivity index (χ3n) is 0.688. The molecule has 0 unspecified atom stereocenters. The Balaban J connectivity index is -0.000000146. The minimum absolute atomic E-state index is 0. The van der Waals surface area contributed by atoms with E-state index in [1.54, 1.807) is 18.2 Å². The van der Waals surface area contributed by atoms with Crippen molar-refractivity contribution in [1.82, 2.24) is 0 Å². The minimum atomic E-state index is 0. The Morgan fingerprint density at radius 1 is 1.08 bits per heavy atom. The molecule has 0 saturated carbocycles. The molecule has 0 aliphatic carbocycles. The number of nitrogens with zero attached hydrogens (tertiary/aromatic N) is 1. The normalized spacial score (nSPS) is 6.00. The van der Waals surface area contributed by atoms with Gasteiger partial charge in [0.2, 0.25) is 0 Å². The van der Waals surface area contributed by atoms with Gasteiger partial charge in [-0.3, -0.25) is 10.1 Å². The van der Waals surface area contributed by atoms with E-state index >= 15 is 0 Å². The second-order valence-electron chi connectivity index (χ2n) is 1.32. The fraction of sp³-hybridized carbons (Fsp3) is 0. The first kappa shape index (κ1) is 17.4. The minimum Gasteiger partial charge on any atom is -0.619 e. The molecule has 1 aromatic rings. The molecule has 0 aromatic carbocycles. The maximum Gasteiger partial charge on any atom is 0.180 e. The first-order chi connectivity index (χ1) is 4.81. The number of halogens is 2. The van der Waals surface area contributed by atoms with Crippen molar-refractivity contribution in [2.45, 2.75) is 0 Å². The van der Waals surface area contributed by atoms with Crippen LogP contribution in [-0.4, -0.2) is 0 Å². The highest BCUT2D eigenvalue weighted by Crippen LogP contribution is 1.72. The largest absolute Gasteiger partial charge is 0.619 e. The molecule has 70 valence electrons. The van der Waals surface area contributed by atoms with Gasteiger partial charge in [0.15, 0.2) is 12.4 Å². The maximum absolute atomic E-state index is 10.2. The monoisotopic (exact) mass is 302 g/mol. The van der Waals surface area contributed by atoms with Crippen molar-refractivity contribution in [3.63, 3.8) is 0 Å². The predicted molar refractivity (Wildman–Crippen MR) is 53.7 cm³/mol. The predicted octanol–water partition coefficient (Wildman–Crippen LogP) is -0.193. The van der Waals surface area contributed by atoms with E-state index in [0.29, 0.717) is 0 Å². The second-order valence-corrected chi connectivity index (χ2v) is 1.32. The average molecular weight is 304 g/mol. The van der Waals surface area contributed by atoms with Gasteiger partial charge in [0.1, 0.15) is 0 Å². The van der Waals surface area contributed by atoms with Crippen molar-refractivity contribution in [1.29, 1.82) is 0 Å². The molecule has 0 radical (unpaired) electrons. The fourth-order valence-corrected chi connectivity index (χ4v) is 0.383. The molecular formula is C5H8Br2N2O3. The molecule has 7 heteroatoms. The SMILES string of the molecule is Br.Br.O=[NH+][O-].[O-][n+]1ccccc1. The summed E-state index contributed by atoms with van der Waals surface area (Å²) in [4.78, 5) is 8.12. The summed E-state index contributed by atoms with van der Waals surface area (Å²) in [6.45, 7) is 0. The van der Waals surface area contributed by atoms with Gasteiger partial charge >= 0.3 is 0 Å². The lowest BCUT2D eigenvalue weighted by molar-refractivity contribution is -0.605. The molecular weight excluding hydrogens is 296 g/mol. The zero-order valence-corrected chi connectivity index (χ0v) is 9.30. The van der Waals surface area contributed by atoms with Gasteiger partial charge in [0, 0.05) is 17.5 Å². The first-order valence-electron chi connectivity index (χ1n) is 2.44. The van der Waals surface area contributed by atoms with Crippen LogP contribution >= 0.6 is 34.0 Å². The molecule has 1 heterocycles. The van der Waals surface area contributed by atoms with Gasteiger partial charge in [-0.2, -0.15) is 4.73 Å². The van der Waals surface area contributed by atoms with Crippen LogP contribution in [0.4, 0.5) is 0 Å². The van der Waals surface area contributed by atoms with Gasteiger partial charge in [0.25, 0.3) is 0 Å². The van der Waals surface area contributed by atoms with E-state index in [4.69, 9.17) is 10.1 Å². The van der Waals surface area contributed by atoms with Crippen LogP contribution in [0.2, 0.25) is 0 Å². The van der Waals surface area contributed by atoms with E-state index in [2.05, 4.69) is 0 Å². The average Bonchev–Trinajstić information content (AvgIpc) is 1.91. The van der Waals surface area contributed by atoms with E-state index in [-0.39, 0.29) is 39.3 Å². The smallest absolute Gasteiger partial charge is 0.180 e. The molecule has 1 N–H and O–H groups in total. The Bertz CT molecular complexity index is 185. The quantitative estimate of drug-likeness (QED) is 0.312. The fourth-order valence-electron chi connectivity index (χ4n) is 0.383. The summed E-state index contributed by atoms with van der Waals surface area (Å²) in [6, 6.07) is 5.18. The van der Waals surface area contributed by atoms with E-state index in [1.165, 1.54) is 12.4 Å². The molecule has 0 bridgehead atoms. The van der Waals surface area contributed by atoms with Crippen LogP contribution < -0.4 is 10.1 Å². The molecule has 1 aromatic heterocycles. The highest BCUT2D eigenvalue weighted by Gasteiger charge is 1.74. The molecule has 0 atom stereocenters. The van der Waals surface area contributed by atoms with Crippen molar-refractivity contribution in [3.8, 4) is 0 Å².